The predicted octanol–water partition coefficient (Wildman–Crippen LogP) is 3.82. The molecular formula is C22H24N4O2. The average molecular weight is 376 g/mol. The first-order valence-corrected chi connectivity index (χ1v) is 9.15. The van der Waals surface area contributed by atoms with Gasteiger partial charge in [0.25, 0.3) is 5.91 Å². The number of hydrogen-bond donors (Lipinski definition) is 2. The van der Waals surface area contributed by atoms with Gasteiger partial charge in [-0.3, -0.25) is 4.79 Å². The summed E-state index contributed by atoms with van der Waals surface area (Å²) in [4.78, 5) is 12.3. The highest BCUT2D eigenvalue weighted by atomic mass is 16.5. The van der Waals surface area contributed by atoms with Gasteiger partial charge < -0.3 is 15.4 Å². The number of nitrogens with one attached hydrogen (secondary N) is 2. The van der Waals surface area contributed by atoms with E-state index in [1.54, 1.807) is 19.2 Å². The Balaban J connectivity index is 1.56. The summed E-state index contributed by atoms with van der Waals surface area (Å²) in [6.45, 7) is 4.58. The van der Waals surface area contributed by atoms with Crippen LogP contribution in [0.3, 0.4) is 0 Å². The average Bonchev–Trinajstić information content (AvgIpc) is 2.71. The quantitative estimate of drug-likeness (QED) is 0.656. The van der Waals surface area contributed by atoms with Crippen molar-refractivity contribution in [2.45, 2.75) is 20.3 Å². The smallest absolute Gasteiger partial charge is 0.271 e. The first kappa shape index (κ1) is 19.4. The predicted molar refractivity (Wildman–Crippen MR) is 110 cm³/mol. The highest BCUT2D eigenvalue weighted by Crippen LogP contribution is 2.20. The SMILES string of the molecule is COc1ccccc1CCNC(=O)c1ccc(Nc2ccc(C)cc2C)nn1. The molecular weight excluding hydrogens is 352 g/mol. The summed E-state index contributed by atoms with van der Waals surface area (Å²) in [5.41, 5.74) is 4.62. The summed E-state index contributed by atoms with van der Waals surface area (Å²) in [6, 6.07) is 17.3. The maximum atomic E-state index is 12.3. The Hall–Kier alpha value is -3.41. The molecule has 1 heterocycles. The Kier molecular flexibility index (Phi) is 6.22. The number of nitrogens with zero attached hydrogens (tertiary/aromatic N) is 2. The Morgan fingerprint density at radius 2 is 1.86 bits per heavy atom. The molecule has 0 aliphatic rings. The molecule has 0 saturated carbocycles. The lowest BCUT2D eigenvalue weighted by Gasteiger charge is -2.10. The largest absolute Gasteiger partial charge is 0.496 e. The van der Waals surface area contributed by atoms with Crippen LogP contribution in [0.1, 0.15) is 27.2 Å². The third kappa shape index (κ3) is 4.85. The molecule has 2 aromatic carbocycles. The van der Waals surface area contributed by atoms with Gasteiger partial charge in [-0.25, -0.2) is 0 Å². The standard InChI is InChI=1S/C22H24N4O2/c1-15-8-9-18(16(2)14-15)24-21-11-10-19(25-26-21)22(27)23-13-12-17-6-4-5-7-20(17)28-3/h4-11,14H,12-13H2,1-3H3,(H,23,27)(H,24,26). The van der Waals surface area contributed by atoms with Crippen molar-refractivity contribution in [3.8, 4) is 5.75 Å². The molecule has 0 fully saturated rings. The molecule has 0 aliphatic carbocycles. The van der Waals surface area contributed by atoms with Crippen LogP contribution < -0.4 is 15.4 Å². The molecule has 0 spiro atoms. The summed E-state index contributed by atoms with van der Waals surface area (Å²) >= 11 is 0. The van der Waals surface area contributed by atoms with E-state index in [1.165, 1.54) is 5.56 Å². The number of carbonyl (C=O) groups is 1. The molecule has 3 aromatic rings. The van der Waals surface area contributed by atoms with Gasteiger partial charge >= 0.3 is 0 Å². The molecule has 0 unspecified atom stereocenters. The van der Waals surface area contributed by atoms with Crippen molar-refractivity contribution in [1.29, 1.82) is 0 Å². The summed E-state index contributed by atoms with van der Waals surface area (Å²) in [7, 11) is 1.64. The minimum absolute atomic E-state index is 0.250. The molecule has 144 valence electrons. The van der Waals surface area contributed by atoms with Crippen LogP contribution in [0.2, 0.25) is 0 Å². The zero-order chi connectivity index (χ0) is 19.9. The Labute approximate surface area is 165 Å². The molecule has 1 amide bonds. The minimum Gasteiger partial charge on any atom is -0.496 e. The highest BCUT2D eigenvalue weighted by molar-refractivity contribution is 5.92. The van der Waals surface area contributed by atoms with Crippen LogP contribution in [-0.2, 0) is 6.42 Å². The first-order chi connectivity index (χ1) is 13.6. The normalized spacial score (nSPS) is 10.4. The zero-order valence-corrected chi connectivity index (χ0v) is 16.3. The summed E-state index contributed by atoms with van der Waals surface area (Å²) in [6.07, 6.45) is 0.676. The maximum Gasteiger partial charge on any atom is 0.271 e. The van der Waals surface area contributed by atoms with Crippen LogP contribution in [0.5, 0.6) is 5.75 Å². The zero-order valence-electron chi connectivity index (χ0n) is 16.3. The number of hydrogen-bond acceptors (Lipinski definition) is 5. The second kappa shape index (κ2) is 8.99. The van der Waals surface area contributed by atoms with E-state index in [2.05, 4.69) is 33.8 Å². The van der Waals surface area contributed by atoms with Crippen LogP contribution in [0.4, 0.5) is 11.5 Å². The van der Waals surface area contributed by atoms with E-state index in [9.17, 15) is 4.79 Å². The van der Waals surface area contributed by atoms with Gasteiger partial charge in [0, 0.05) is 12.2 Å². The van der Waals surface area contributed by atoms with Crippen molar-refractivity contribution < 1.29 is 9.53 Å². The number of ether oxygens (including phenoxy) is 1. The molecule has 6 nitrogen and oxygen atoms in total. The van der Waals surface area contributed by atoms with Crippen LogP contribution in [-0.4, -0.2) is 29.8 Å². The summed E-state index contributed by atoms with van der Waals surface area (Å²) in [5, 5.41) is 14.2. The number of para-hydroxylation sites is 1. The number of methoxy groups -OCH3 is 1. The number of aryl methyl sites for hydroxylation is 2. The van der Waals surface area contributed by atoms with Gasteiger partial charge in [-0.05, 0) is 55.7 Å². The van der Waals surface area contributed by atoms with Gasteiger partial charge in [-0.15, -0.1) is 10.2 Å². The van der Waals surface area contributed by atoms with Crippen LogP contribution in [0.15, 0.2) is 54.6 Å². The molecule has 1 aromatic heterocycles. The van der Waals surface area contributed by atoms with Crippen molar-refractivity contribution in [2.24, 2.45) is 0 Å². The second-order valence-electron chi connectivity index (χ2n) is 6.56. The Morgan fingerprint density at radius 3 is 2.57 bits per heavy atom. The summed E-state index contributed by atoms with van der Waals surface area (Å²) in [5.74, 6) is 1.16. The second-order valence-corrected chi connectivity index (χ2v) is 6.56. The lowest BCUT2D eigenvalue weighted by atomic mass is 10.1. The fourth-order valence-corrected chi connectivity index (χ4v) is 2.92. The van der Waals surface area contributed by atoms with Gasteiger partial charge in [0.15, 0.2) is 11.5 Å². The van der Waals surface area contributed by atoms with Crippen LogP contribution >= 0.6 is 0 Å². The molecule has 0 aliphatic heterocycles. The van der Waals surface area contributed by atoms with Crippen molar-refractivity contribution in [3.05, 3.63) is 77.0 Å². The minimum atomic E-state index is -0.250. The molecule has 2 N–H and O–H groups in total. The van der Waals surface area contributed by atoms with Gasteiger partial charge in [-0.2, -0.15) is 0 Å². The van der Waals surface area contributed by atoms with Gasteiger partial charge in [0.05, 0.1) is 7.11 Å². The fraction of sp³-hybridized carbons (Fsp3) is 0.227. The van der Waals surface area contributed by atoms with E-state index >= 15 is 0 Å². The molecule has 28 heavy (non-hydrogen) atoms. The fourth-order valence-electron chi connectivity index (χ4n) is 2.92. The van der Waals surface area contributed by atoms with Crippen molar-refractivity contribution in [3.63, 3.8) is 0 Å². The molecule has 0 atom stereocenters. The third-order valence-electron chi connectivity index (χ3n) is 4.41. The molecule has 6 heteroatoms. The van der Waals surface area contributed by atoms with E-state index in [4.69, 9.17) is 4.74 Å². The number of aromatic nitrogens is 2. The van der Waals surface area contributed by atoms with Crippen LogP contribution in [0.25, 0.3) is 0 Å². The highest BCUT2D eigenvalue weighted by Gasteiger charge is 2.09. The van der Waals surface area contributed by atoms with Crippen molar-refractivity contribution >= 4 is 17.4 Å². The number of benzene rings is 2. The van der Waals surface area contributed by atoms with Crippen molar-refractivity contribution in [2.75, 3.05) is 19.0 Å². The van der Waals surface area contributed by atoms with E-state index in [0.717, 1.165) is 22.6 Å². The molecule has 0 bridgehead atoms. The monoisotopic (exact) mass is 376 g/mol. The summed E-state index contributed by atoms with van der Waals surface area (Å²) < 4.78 is 5.32. The Bertz CT molecular complexity index is 955. The number of carbonyl (C=O) groups excluding carboxylic acids is 1. The van der Waals surface area contributed by atoms with E-state index in [1.807, 2.05) is 43.3 Å². The van der Waals surface area contributed by atoms with Crippen molar-refractivity contribution in [1.82, 2.24) is 15.5 Å². The number of rotatable bonds is 7. The van der Waals surface area contributed by atoms with Gasteiger partial charge in [-0.1, -0.05) is 35.9 Å². The van der Waals surface area contributed by atoms with Gasteiger partial charge in [0.1, 0.15) is 5.75 Å². The molecule has 0 radical (unpaired) electrons. The van der Waals surface area contributed by atoms with Crippen LogP contribution in [0, 0.1) is 13.8 Å². The number of amides is 1. The van der Waals surface area contributed by atoms with E-state index in [-0.39, 0.29) is 11.6 Å². The molecule has 3 rings (SSSR count). The number of anilines is 2. The van der Waals surface area contributed by atoms with Gasteiger partial charge in [0.2, 0.25) is 0 Å². The third-order valence-corrected chi connectivity index (χ3v) is 4.41. The topological polar surface area (TPSA) is 76.1 Å². The lowest BCUT2D eigenvalue weighted by molar-refractivity contribution is 0.0948. The first-order valence-electron chi connectivity index (χ1n) is 9.15. The van der Waals surface area contributed by atoms with E-state index < -0.39 is 0 Å². The maximum absolute atomic E-state index is 12.3. The lowest BCUT2D eigenvalue weighted by Crippen LogP contribution is -2.26. The van der Waals surface area contributed by atoms with E-state index in [0.29, 0.717) is 18.8 Å². The Morgan fingerprint density at radius 1 is 1.04 bits per heavy atom. The molecule has 0 saturated heterocycles.